The fraction of sp³-hybridized carbons (Fsp3) is 1.00. The summed E-state index contributed by atoms with van der Waals surface area (Å²) in [4.78, 5) is 0. The average Bonchev–Trinajstić information content (AvgIpc) is 2.33. The second kappa shape index (κ2) is 7.26. The summed E-state index contributed by atoms with van der Waals surface area (Å²) >= 11 is 0. The van der Waals surface area contributed by atoms with Crippen LogP contribution in [0.3, 0.4) is 0 Å². The molecule has 0 aromatic heterocycles. The topological polar surface area (TPSA) is 46.2 Å². The molecule has 0 spiro atoms. The molecule has 1 saturated carbocycles. The summed E-state index contributed by atoms with van der Waals surface area (Å²) in [5.41, 5.74) is 0. The molecule has 0 aliphatic heterocycles. The van der Waals surface area contributed by atoms with Gasteiger partial charge in [-0.05, 0) is 52.0 Å². The van der Waals surface area contributed by atoms with E-state index in [4.69, 9.17) is 0 Å². The Morgan fingerprint density at radius 2 is 1.65 bits per heavy atom. The Labute approximate surface area is 125 Å². The molecule has 1 N–H and O–H groups in total. The van der Waals surface area contributed by atoms with Gasteiger partial charge in [-0.2, -0.15) is 0 Å². The van der Waals surface area contributed by atoms with Crippen LogP contribution in [0.5, 0.6) is 0 Å². The fourth-order valence-electron chi connectivity index (χ4n) is 2.93. The summed E-state index contributed by atoms with van der Waals surface area (Å²) < 4.78 is 23.9. The number of hydrogen-bond acceptors (Lipinski definition) is 3. The van der Waals surface area contributed by atoms with Gasteiger partial charge in [-0.25, -0.2) is 8.42 Å². The van der Waals surface area contributed by atoms with Crippen LogP contribution in [0, 0.1) is 11.8 Å². The first-order valence-electron chi connectivity index (χ1n) is 8.09. The lowest BCUT2D eigenvalue weighted by Crippen LogP contribution is -2.36. The summed E-state index contributed by atoms with van der Waals surface area (Å²) in [5, 5.41) is 3.52. The van der Waals surface area contributed by atoms with Gasteiger partial charge in [0.05, 0.1) is 10.5 Å². The number of hydrogen-bond donors (Lipinski definition) is 1. The molecule has 1 aliphatic rings. The van der Waals surface area contributed by atoms with E-state index in [-0.39, 0.29) is 0 Å². The molecular formula is C16H33NO2S. The van der Waals surface area contributed by atoms with Crippen LogP contribution < -0.4 is 5.32 Å². The largest absolute Gasteiger partial charge is 0.314 e. The van der Waals surface area contributed by atoms with Crippen LogP contribution in [0.4, 0.5) is 0 Å². The Morgan fingerprint density at radius 1 is 1.10 bits per heavy atom. The van der Waals surface area contributed by atoms with Crippen molar-refractivity contribution in [3.05, 3.63) is 0 Å². The van der Waals surface area contributed by atoms with Crippen molar-refractivity contribution >= 4 is 9.84 Å². The third-order valence-corrected chi connectivity index (χ3v) is 7.18. The molecule has 0 saturated heterocycles. The van der Waals surface area contributed by atoms with Crippen LogP contribution in [-0.4, -0.2) is 31.5 Å². The van der Waals surface area contributed by atoms with Crippen molar-refractivity contribution in [1.82, 2.24) is 5.32 Å². The first-order chi connectivity index (χ1) is 9.13. The van der Waals surface area contributed by atoms with Crippen LogP contribution in [-0.2, 0) is 9.84 Å². The number of nitrogens with one attached hydrogen (secondary N) is 1. The predicted molar refractivity (Wildman–Crippen MR) is 86.7 cm³/mol. The highest BCUT2D eigenvalue weighted by atomic mass is 32.2. The van der Waals surface area contributed by atoms with Crippen molar-refractivity contribution in [3.63, 3.8) is 0 Å². The summed E-state index contributed by atoms with van der Waals surface area (Å²) in [6, 6.07) is 0.510. The van der Waals surface area contributed by atoms with Crippen LogP contribution in [0.15, 0.2) is 0 Å². The molecule has 1 aliphatic carbocycles. The monoisotopic (exact) mass is 303 g/mol. The zero-order valence-corrected chi connectivity index (χ0v) is 14.7. The van der Waals surface area contributed by atoms with Gasteiger partial charge in [0.2, 0.25) is 0 Å². The van der Waals surface area contributed by atoms with E-state index in [0.717, 1.165) is 13.0 Å². The molecule has 120 valence electrons. The first-order valence-corrected chi connectivity index (χ1v) is 9.74. The summed E-state index contributed by atoms with van der Waals surface area (Å²) in [5.74, 6) is 1.58. The Bertz CT molecular complexity index is 382. The molecule has 2 atom stereocenters. The van der Waals surface area contributed by atoms with Crippen LogP contribution in [0.1, 0.15) is 66.7 Å². The fourth-order valence-corrected chi connectivity index (χ4v) is 4.16. The zero-order chi connectivity index (χ0) is 15.4. The molecular weight excluding hydrogens is 270 g/mol. The van der Waals surface area contributed by atoms with Crippen LogP contribution >= 0.6 is 0 Å². The third kappa shape index (κ3) is 5.36. The molecule has 0 aromatic rings. The molecule has 0 heterocycles. The second-order valence-corrected chi connectivity index (χ2v) is 10.4. The van der Waals surface area contributed by atoms with E-state index in [1.54, 1.807) is 20.8 Å². The van der Waals surface area contributed by atoms with Gasteiger partial charge in [-0.3, -0.25) is 0 Å². The van der Waals surface area contributed by atoms with E-state index >= 15 is 0 Å². The van der Waals surface area contributed by atoms with Crippen molar-refractivity contribution in [3.8, 4) is 0 Å². The van der Waals surface area contributed by atoms with Crippen LogP contribution in [0.25, 0.3) is 0 Å². The maximum absolute atomic E-state index is 12.3. The van der Waals surface area contributed by atoms with Gasteiger partial charge in [-0.1, -0.05) is 33.1 Å². The molecule has 4 heteroatoms. The third-order valence-electron chi connectivity index (χ3n) is 4.55. The van der Waals surface area contributed by atoms with E-state index in [1.165, 1.54) is 25.7 Å². The lowest BCUT2D eigenvalue weighted by atomic mass is 9.78. The highest BCUT2D eigenvalue weighted by molar-refractivity contribution is 7.92. The Morgan fingerprint density at radius 3 is 2.15 bits per heavy atom. The Hall–Kier alpha value is -0.0900. The van der Waals surface area contributed by atoms with Gasteiger partial charge >= 0.3 is 0 Å². The second-order valence-electron chi connectivity index (χ2n) is 7.59. The minimum atomic E-state index is -2.97. The molecule has 0 radical (unpaired) electrons. The summed E-state index contributed by atoms with van der Waals surface area (Å²) in [7, 11) is -2.97. The van der Waals surface area contributed by atoms with E-state index in [1.807, 2.05) is 0 Å². The molecule has 1 rings (SSSR count). The van der Waals surface area contributed by atoms with Crippen molar-refractivity contribution in [1.29, 1.82) is 0 Å². The Balaban J connectivity index is 2.55. The Kier molecular flexibility index (Phi) is 6.52. The van der Waals surface area contributed by atoms with E-state index in [9.17, 15) is 8.42 Å². The molecule has 3 nitrogen and oxygen atoms in total. The van der Waals surface area contributed by atoms with Crippen molar-refractivity contribution in [2.75, 3.05) is 12.3 Å². The van der Waals surface area contributed by atoms with Gasteiger partial charge in [0.1, 0.15) is 0 Å². The number of rotatable bonds is 6. The maximum atomic E-state index is 12.3. The lowest BCUT2D eigenvalue weighted by molar-refractivity contribution is 0.220. The smallest absolute Gasteiger partial charge is 0.155 e. The molecule has 0 aromatic carbocycles. The normalized spacial score (nSPS) is 25.1. The molecule has 20 heavy (non-hydrogen) atoms. The highest BCUT2D eigenvalue weighted by Crippen LogP contribution is 2.33. The van der Waals surface area contributed by atoms with E-state index in [2.05, 4.69) is 19.2 Å². The first kappa shape index (κ1) is 18.0. The highest BCUT2D eigenvalue weighted by Gasteiger charge is 2.32. The van der Waals surface area contributed by atoms with E-state index in [0.29, 0.717) is 23.6 Å². The molecule has 0 amide bonds. The quantitative estimate of drug-likeness (QED) is 0.818. The standard InChI is InChI=1S/C16H33NO2S/c1-13(2)17-12-15-9-7-6-8-14(15)10-11-20(18,19)16(3,4)5/h13-15,17H,6-12H2,1-5H3. The SMILES string of the molecule is CC(C)NCC1CCCCC1CCS(=O)(=O)C(C)(C)C. The minimum Gasteiger partial charge on any atom is -0.314 e. The predicted octanol–water partition coefficient (Wildman–Crippen LogP) is 3.39. The molecule has 1 fully saturated rings. The molecule has 0 bridgehead atoms. The zero-order valence-electron chi connectivity index (χ0n) is 13.9. The summed E-state index contributed by atoms with van der Waals surface area (Å²) in [6.07, 6.45) is 5.85. The van der Waals surface area contributed by atoms with Crippen molar-refractivity contribution in [2.24, 2.45) is 11.8 Å². The molecule has 2 unspecified atom stereocenters. The van der Waals surface area contributed by atoms with Crippen LogP contribution in [0.2, 0.25) is 0 Å². The van der Waals surface area contributed by atoms with Gasteiger partial charge in [-0.15, -0.1) is 0 Å². The van der Waals surface area contributed by atoms with Crippen molar-refractivity contribution in [2.45, 2.75) is 77.5 Å². The minimum absolute atomic E-state index is 0.347. The number of sulfone groups is 1. The van der Waals surface area contributed by atoms with Gasteiger partial charge in [0.25, 0.3) is 0 Å². The van der Waals surface area contributed by atoms with Gasteiger partial charge in [0, 0.05) is 6.04 Å². The summed E-state index contributed by atoms with van der Waals surface area (Å²) in [6.45, 7) is 10.8. The maximum Gasteiger partial charge on any atom is 0.155 e. The van der Waals surface area contributed by atoms with E-state index < -0.39 is 14.6 Å². The van der Waals surface area contributed by atoms with Crippen molar-refractivity contribution < 1.29 is 8.42 Å². The van der Waals surface area contributed by atoms with Gasteiger partial charge in [0.15, 0.2) is 9.84 Å². The van der Waals surface area contributed by atoms with Gasteiger partial charge < -0.3 is 5.32 Å². The average molecular weight is 304 g/mol. The lowest BCUT2D eigenvalue weighted by Gasteiger charge is -2.33.